The van der Waals surface area contributed by atoms with E-state index in [4.69, 9.17) is 0 Å². The van der Waals surface area contributed by atoms with Gasteiger partial charge in [0, 0.05) is 37.9 Å². The Bertz CT molecular complexity index is 948. The molecule has 31 heavy (non-hydrogen) atoms. The van der Waals surface area contributed by atoms with Gasteiger partial charge in [-0.1, -0.05) is 0 Å². The van der Waals surface area contributed by atoms with Crippen molar-refractivity contribution in [3.63, 3.8) is 0 Å². The van der Waals surface area contributed by atoms with E-state index in [9.17, 15) is 22.4 Å². The fourth-order valence-electron chi connectivity index (χ4n) is 3.23. The zero-order valence-electron chi connectivity index (χ0n) is 16.7. The summed E-state index contributed by atoms with van der Waals surface area (Å²) in [6.45, 7) is 1.35. The zero-order chi connectivity index (χ0) is 22.4. The van der Waals surface area contributed by atoms with Gasteiger partial charge in [0.25, 0.3) is 0 Å². The molecule has 0 spiro atoms. The van der Waals surface area contributed by atoms with Gasteiger partial charge < -0.3 is 4.90 Å². The molecule has 3 heterocycles. The summed E-state index contributed by atoms with van der Waals surface area (Å²) in [5.74, 6) is -3.05. The largest absolute Gasteiger partial charge is 0.354 e. The molecular formula is C20H21F4N5OS. The minimum absolute atomic E-state index is 0.179. The molecule has 0 bridgehead atoms. The second-order valence-corrected chi connectivity index (χ2v) is 7.71. The highest BCUT2D eigenvalue weighted by Gasteiger charge is 2.37. The molecule has 1 amide bonds. The molecule has 2 aromatic rings. The molecule has 1 saturated heterocycles. The van der Waals surface area contributed by atoms with E-state index in [1.807, 2.05) is 17.2 Å². The molecule has 0 aliphatic carbocycles. The lowest BCUT2D eigenvalue weighted by atomic mass is 9.93. The minimum atomic E-state index is -1.20. The maximum Gasteiger partial charge on any atom is 0.248 e. The summed E-state index contributed by atoms with van der Waals surface area (Å²) in [4.78, 5) is 22.5. The molecule has 0 radical (unpaired) electrons. The number of hydrogen-bond donors (Lipinski definition) is 0. The Morgan fingerprint density at radius 1 is 1.13 bits per heavy atom. The van der Waals surface area contributed by atoms with Gasteiger partial charge in [0.15, 0.2) is 11.6 Å². The lowest BCUT2D eigenvalue weighted by Crippen LogP contribution is -2.48. The number of thioether (sulfide) groups is 1. The van der Waals surface area contributed by atoms with Crippen LogP contribution in [0.5, 0.6) is 0 Å². The van der Waals surface area contributed by atoms with Gasteiger partial charge in [-0.15, -0.1) is 11.8 Å². The summed E-state index contributed by atoms with van der Waals surface area (Å²) >= 11 is 1.52. The summed E-state index contributed by atoms with van der Waals surface area (Å²) in [7, 11) is 0. The van der Waals surface area contributed by atoms with E-state index in [2.05, 4.69) is 15.1 Å². The molecular weight excluding hydrogens is 434 g/mol. The van der Waals surface area contributed by atoms with Crippen molar-refractivity contribution in [3.8, 4) is 0 Å². The highest BCUT2D eigenvalue weighted by Crippen LogP contribution is 2.27. The van der Waals surface area contributed by atoms with Crippen LogP contribution in [0.1, 0.15) is 12.8 Å². The maximum atomic E-state index is 14.5. The number of nitrogens with zero attached hydrogens (tertiary/aromatic N) is 5. The molecule has 166 valence electrons. The Balaban J connectivity index is 0.000000254. The third-order valence-corrected chi connectivity index (χ3v) is 5.49. The average molecular weight is 455 g/mol. The molecule has 6 nitrogen and oxygen atoms in total. The first-order valence-electron chi connectivity index (χ1n) is 9.58. The molecule has 0 N–H and O–H groups in total. The van der Waals surface area contributed by atoms with Gasteiger partial charge in [-0.3, -0.25) is 4.79 Å². The molecule has 11 heteroatoms. The monoisotopic (exact) mass is 455 g/mol. The van der Waals surface area contributed by atoms with E-state index in [1.165, 1.54) is 23.1 Å². The summed E-state index contributed by atoms with van der Waals surface area (Å²) < 4.78 is 50.3. The van der Waals surface area contributed by atoms with Gasteiger partial charge in [0.2, 0.25) is 5.91 Å². The van der Waals surface area contributed by atoms with Crippen LogP contribution in [0.3, 0.4) is 0 Å². The summed E-state index contributed by atoms with van der Waals surface area (Å²) in [6, 6.07) is 3.95. The average Bonchev–Trinajstić information content (AvgIpc) is 3.31. The first-order valence-corrected chi connectivity index (χ1v) is 10.8. The number of hydrogen-bond acceptors (Lipinski definition) is 6. The lowest BCUT2D eigenvalue weighted by Gasteiger charge is -2.35. The number of benzene rings is 1. The molecule has 0 saturated carbocycles. The van der Waals surface area contributed by atoms with Crippen LogP contribution in [-0.4, -0.2) is 59.2 Å². The van der Waals surface area contributed by atoms with Crippen molar-refractivity contribution in [2.24, 2.45) is 11.0 Å². The summed E-state index contributed by atoms with van der Waals surface area (Å²) in [5.41, 5.74) is 0. The number of alkyl halides is 1. The number of amides is 1. The van der Waals surface area contributed by atoms with Crippen molar-refractivity contribution in [3.05, 3.63) is 48.0 Å². The fourth-order valence-corrected chi connectivity index (χ4v) is 3.60. The molecule has 2 atom stereocenters. The second kappa shape index (κ2) is 10.6. The molecule has 1 aromatic carbocycles. The number of rotatable bonds is 3. The predicted molar refractivity (Wildman–Crippen MR) is 110 cm³/mol. The van der Waals surface area contributed by atoms with Gasteiger partial charge in [-0.2, -0.15) is 5.10 Å². The van der Waals surface area contributed by atoms with Crippen molar-refractivity contribution >= 4 is 29.7 Å². The van der Waals surface area contributed by atoms with Crippen LogP contribution in [0.15, 0.2) is 40.7 Å². The summed E-state index contributed by atoms with van der Waals surface area (Å²) in [5, 5.41) is 6.24. The maximum absolute atomic E-state index is 14.5. The number of carbonyl (C=O) groups is 1. The number of piperidine rings is 1. The first-order chi connectivity index (χ1) is 14.9. The van der Waals surface area contributed by atoms with Gasteiger partial charge >= 0.3 is 0 Å². The molecule has 1 fully saturated rings. The Morgan fingerprint density at radius 2 is 1.94 bits per heavy atom. The molecule has 2 aliphatic heterocycles. The smallest absolute Gasteiger partial charge is 0.248 e. The van der Waals surface area contributed by atoms with Crippen LogP contribution in [0.25, 0.3) is 0 Å². The Labute approximate surface area is 181 Å². The van der Waals surface area contributed by atoms with Crippen LogP contribution in [-0.2, 0) is 4.79 Å². The predicted octanol–water partition coefficient (Wildman–Crippen LogP) is 3.68. The van der Waals surface area contributed by atoms with Gasteiger partial charge in [-0.05, 0) is 24.8 Å². The third-order valence-electron chi connectivity index (χ3n) is 4.85. The quantitative estimate of drug-likeness (QED) is 0.306. The van der Waals surface area contributed by atoms with Crippen molar-refractivity contribution in [2.45, 2.75) is 24.0 Å². The van der Waals surface area contributed by atoms with Crippen molar-refractivity contribution in [1.82, 2.24) is 15.0 Å². The Kier molecular flexibility index (Phi) is 7.83. The second-order valence-electron chi connectivity index (χ2n) is 6.88. The van der Waals surface area contributed by atoms with Crippen molar-refractivity contribution in [1.29, 1.82) is 0 Å². The normalized spacial score (nSPS) is 20.4. The van der Waals surface area contributed by atoms with Gasteiger partial charge in [-0.25, -0.2) is 32.5 Å². The Hall–Kier alpha value is -2.69. The van der Waals surface area contributed by atoms with Crippen LogP contribution >= 0.6 is 11.8 Å². The van der Waals surface area contributed by atoms with E-state index < -0.39 is 29.5 Å². The van der Waals surface area contributed by atoms with E-state index in [1.54, 1.807) is 6.21 Å². The van der Waals surface area contributed by atoms with E-state index in [-0.39, 0.29) is 12.5 Å². The van der Waals surface area contributed by atoms with Gasteiger partial charge in [0.05, 0.1) is 12.5 Å². The molecule has 2 unspecified atom stereocenters. The van der Waals surface area contributed by atoms with E-state index >= 15 is 0 Å². The van der Waals surface area contributed by atoms with E-state index in [0.717, 1.165) is 23.6 Å². The van der Waals surface area contributed by atoms with Crippen molar-refractivity contribution < 1.29 is 22.4 Å². The number of halogens is 4. The van der Waals surface area contributed by atoms with Gasteiger partial charge in [0.1, 0.15) is 29.2 Å². The third kappa shape index (κ3) is 5.93. The standard InChI is InChI=1S/C14H18FN5OS.C6H3F3/c1-22-13-7-12(16-9-17-13)19-6-3-10(11(15)8-19)14(21)20-5-2-4-18-20;7-4-1-2-5(8)6(9)3-4/h4,7,9-11H,2-3,5-6,8H2,1H3;1-3H. The van der Waals surface area contributed by atoms with Crippen LogP contribution in [0.2, 0.25) is 0 Å². The zero-order valence-corrected chi connectivity index (χ0v) is 17.5. The topological polar surface area (TPSA) is 61.7 Å². The minimum Gasteiger partial charge on any atom is -0.354 e. The van der Waals surface area contributed by atoms with E-state index in [0.29, 0.717) is 31.4 Å². The lowest BCUT2D eigenvalue weighted by molar-refractivity contribution is -0.137. The highest BCUT2D eigenvalue weighted by molar-refractivity contribution is 7.98. The summed E-state index contributed by atoms with van der Waals surface area (Å²) in [6.07, 6.45) is 5.15. The van der Waals surface area contributed by atoms with Crippen LogP contribution in [0.4, 0.5) is 23.4 Å². The number of carbonyl (C=O) groups excluding carboxylic acids is 1. The number of anilines is 1. The fraction of sp³-hybridized carbons (Fsp3) is 0.400. The molecule has 2 aliphatic rings. The molecule has 4 rings (SSSR count). The Morgan fingerprint density at radius 3 is 2.55 bits per heavy atom. The molecule has 1 aromatic heterocycles. The van der Waals surface area contributed by atoms with Crippen LogP contribution < -0.4 is 4.90 Å². The SMILES string of the molecule is CSc1cc(N2CCC(C(=O)N3CCC=N3)C(F)C2)ncn1.Fc1ccc(F)c(F)c1. The number of hydrazone groups is 1. The van der Waals surface area contributed by atoms with Crippen molar-refractivity contribution in [2.75, 3.05) is 30.8 Å². The number of aromatic nitrogens is 2. The van der Waals surface area contributed by atoms with Crippen LogP contribution in [0, 0.1) is 23.4 Å². The highest BCUT2D eigenvalue weighted by atomic mass is 32.2. The first kappa shape index (κ1) is 23.0.